The van der Waals surface area contributed by atoms with Crippen molar-refractivity contribution in [3.8, 4) is 0 Å². The zero-order valence-corrected chi connectivity index (χ0v) is 8.72. The van der Waals surface area contributed by atoms with Crippen LogP contribution in [-0.2, 0) is 0 Å². The summed E-state index contributed by atoms with van der Waals surface area (Å²) in [6, 6.07) is 0.752. The van der Waals surface area contributed by atoms with Crippen LogP contribution in [-0.4, -0.2) is 24.0 Å². The van der Waals surface area contributed by atoms with Crippen molar-refractivity contribution in [3.63, 3.8) is 0 Å². The van der Waals surface area contributed by atoms with Gasteiger partial charge < -0.3 is 4.90 Å². The van der Waals surface area contributed by atoms with Gasteiger partial charge in [0.1, 0.15) is 0 Å². The maximum Gasteiger partial charge on any atom is 0.00642 e. The summed E-state index contributed by atoms with van der Waals surface area (Å²) in [6.45, 7) is 13.8. The molecule has 0 aromatic carbocycles. The summed E-state index contributed by atoms with van der Waals surface area (Å²) in [4.78, 5) is 2.55. The molecule has 0 N–H and O–H groups in total. The van der Waals surface area contributed by atoms with Crippen molar-refractivity contribution in [2.75, 3.05) is 13.1 Å². The molecule has 0 aliphatic carbocycles. The molecule has 1 nitrogen and oxygen atoms in total. The molecule has 0 amide bonds. The Morgan fingerprint density at radius 1 is 1.09 bits per heavy atom. The highest BCUT2D eigenvalue weighted by atomic mass is 15.1. The van der Waals surface area contributed by atoms with Gasteiger partial charge in [0, 0.05) is 12.6 Å². The average Bonchev–Trinajstić information content (AvgIpc) is 1.98. The van der Waals surface area contributed by atoms with Crippen LogP contribution in [0.3, 0.4) is 0 Å². The Labute approximate surface area is 71.8 Å². The Bertz CT molecular complexity index is 88.9. The molecular formula is C10H23N. The third-order valence-corrected chi connectivity index (χ3v) is 2.22. The van der Waals surface area contributed by atoms with Crippen LogP contribution in [0.2, 0.25) is 0 Å². The van der Waals surface area contributed by atoms with Crippen LogP contribution in [0.1, 0.15) is 41.0 Å². The molecule has 0 rings (SSSR count). The van der Waals surface area contributed by atoms with Gasteiger partial charge in [-0.1, -0.05) is 27.7 Å². The molecule has 0 saturated carbocycles. The first-order valence-electron chi connectivity index (χ1n) is 4.85. The zero-order valence-electron chi connectivity index (χ0n) is 8.72. The lowest BCUT2D eigenvalue weighted by molar-refractivity contribution is 0.192. The van der Waals surface area contributed by atoms with E-state index in [0.717, 1.165) is 12.0 Å². The smallest absolute Gasteiger partial charge is 0.00642 e. The average molecular weight is 157 g/mol. The van der Waals surface area contributed by atoms with Crippen molar-refractivity contribution in [3.05, 3.63) is 0 Å². The third kappa shape index (κ3) is 4.41. The minimum Gasteiger partial charge on any atom is -0.301 e. The maximum absolute atomic E-state index is 2.55. The highest BCUT2D eigenvalue weighted by Crippen LogP contribution is 2.06. The molecule has 11 heavy (non-hydrogen) atoms. The fraction of sp³-hybridized carbons (Fsp3) is 1.00. The second-order valence-corrected chi connectivity index (χ2v) is 3.74. The molecule has 0 fully saturated rings. The van der Waals surface area contributed by atoms with Gasteiger partial charge in [0.05, 0.1) is 0 Å². The summed E-state index contributed by atoms with van der Waals surface area (Å²) >= 11 is 0. The normalized spacial score (nSPS) is 14.5. The molecule has 0 aromatic heterocycles. The Hall–Kier alpha value is -0.0400. The predicted octanol–water partition coefficient (Wildman–Crippen LogP) is 2.76. The van der Waals surface area contributed by atoms with Gasteiger partial charge in [-0.25, -0.2) is 0 Å². The number of nitrogens with zero attached hydrogens (tertiary/aromatic N) is 1. The molecule has 68 valence electrons. The van der Waals surface area contributed by atoms with Crippen molar-refractivity contribution < 1.29 is 0 Å². The summed E-state index contributed by atoms with van der Waals surface area (Å²) in [5.74, 6) is 0.795. The van der Waals surface area contributed by atoms with Gasteiger partial charge >= 0.3 is 0 Å². The molecular weight excluding hydrogens is 134 g/mol. The van der Waals surface area contributed by atoms with E-state index < -0.39 is 0 Å². The monoisotopic (exact) mass is 157 g/mol. The molecule has 0 spiro atoms. The van der Waals surface area contributed by atoms with Gasteiger partial charge in [-0.15, -0.1) is 0 Å². The maximum atomic E-state index is 2.55. The summed E-state index contributed by atoms with van der Waals surface area (Å²) in [6.07, 6.45) is 1.26. The Kier molecular flexibility index (Phi) is 5.57. The second-order valence-electron chi connectivity index (χ2n) is 3.74. The van der Waals surface area contributed by atoms with Gasteiger partial charge in [-0.2, -0.15) is 0 Å². The molecule has 0 aliphatic rings. The number of rotatable bonds is 5. The van der Waals surface area contributed by atoms with Crippen molar-refractivity contribution >= 4 is 0 Å². The summed E-state index contributed by atoms with van der Waals surface area (Å²) in [5.41, 5.74) is 0. The Morgan fingerprint density at radius 3 is 1.91 bits per heavy atom. The third-order valence-electron chi connectivity index (χ3n) is 2.22. The van der Waals surface area contributed by atoms with Crippen molar-refractivity contribution in [2.24, 2.45) is 5.92 Å². The lowest BCUT2D eigenvalue weighted by Crippen LogP contribution is -2.35. The largest absolute Gasteiger partial charge is 0.301 e. The number of hydrogen-bond acceptors (Lipinski definition) is 1. The van der Waals surface area contributed by atoms with Crippen LogP contribution >= 0.6 is 0 Å². The summed E-state index contributed by atoms with van der Waals surface area (Å²) in [5, 5.41) is 0. The van der Waals surface area contributed by atoms with Gasteiger partial charge in [0.15, 0.2) is 0 Å². The molecule has 1 atom stereocenters. The SMILES string of the molecule is CCC(C)N(CC)CC(C)C. The van der Waals surface area contributed by atoms with E-state index in [1.54, 1.807) is 0 Å². The minimum absolute atomic E-state index is 0.752. The lowest BCUT2D eigenvalue weighted by Gasteiger charge is -2.28. The fourth-order valence-electron chi connectivity index (χ4n) is 1.35. The second kappa shape index (κ2) is 5.59. The Balaban J connectivity index is 3.74. The first-order valence-corrected chi connectivity index (χ1v) is 4.85. The standard InChI is InChI=1S/C10H23N/c1-6-10(5)11(7-2)8-9(3)4/h9-10H,6-8H2,1-5H3. The number of hydrogen-bond donors (Lipinski definition) is 0. The van der Waals surface area contributed by atoms with Crippen LogP contribution in [0.4, 0.5) is 0 Å². The summed E-state index contributed by atoms with van der Waals surface area (Å²) < 4.78 is 0. The highest BCUT2D eigenvalue weighted by molar-refractivity contribution is 4.65. The van der Waals surface area contributed by atoms with E-state index in [1.807, 2.05) is 0 Å². The molecule has 1 heteroatoms. The van der Waals surface area contributed by atoms with Crippen LogP contribution in [0.15, 0.2) is 0 Å². The van der Waals surface area contributed by atoms with Crippen LogP contribution < -0.4 is 0 Å². The van der Waals surface area contributed by atoms with Gasteiger partial charge in [-0.05, 0) is 25.8 Å². The minimum atomic E-state index is 0.752. The zero-order chi connectivity index (χ0) is 8.85. The van der Waals surface area contributed by atoms with E-state index in [2.05, 4.69) is 39.5 Å². The van der Waals surface area contributed by atoms with E-state index >= 15 is 0 Å². The molecule has 0 aromatic rings. The van der Waals surface area contributed by atoms with E-state index in [0.29, 0.717) is 0 Å². The van der Waals surface area contributed by atoms with Gasteiger partial charge in [0.25, 0.3) is 0 Å². The molecule has 0 heterocycles. The molecule has 0 saturated heterocycles. The van der Waals surface area contributed by atoms with Crippen LogP contribution in [0.25, 0.3) is 0 Å². The molecule has 0 radical (unpaired) electrons. The molecule has 0 aliphatic heterocycles. The lowest BCUT2D eigenvalue weighted by atomic mass is 10.1. The van der Waals surface area contributed by atoms with Gasteiger partial charge in [-0.3, -0.25) is 0 Å². The van der Waals surface area contributed by atoms with E-state index in [1.165, 1.54) is 19.5 Å². The topological polar surface area (TPSA) is 3.24 Å². The predicted molar refractivity (Wildman–Crippen MR) is 51.8 cm³/mol. The first-order chi connectivity index (χ1) is 5.11. The van der Waals surface area contributed by atoms with Crippen molar-refractivity contribution in [2.45, 2.75) is 47.1 Å². The fourth-order valence-corrected chi connectivity index (χ4v) is 1.35. The van der Waals surface area contributed by atoms with E-state index in [9.17, 15) is 0 Å². The quantitative estimate of drug-likeness (QED) is 0.593. The van der Waals surface area contributed by atoms with E-state index in [-0.39, 0.29) is 0 Å². The van der Waals surface area contributed by atoms with Crippen molar-refractivity contribution in [1.82, 2.24) is 4.90 Å². The van der Waals surface area contributed by atoms with Crippen LogP contribution in [0, 0.1) is 5.92 Å². The Morgan fingerprint density at radius 2 is 1.64 bits per heavy atom. The van der Waals surface area contributed by atoms with Crippen molar-refractivity contribution in [1.29, 1.82) is 0 Å². The summed E-state index contributed by atoms with van der Waals surface area (Å²) in [7, 11) is 0. The molecule has 1 unspecified atom stereocenters. The van der Waals surface area contributed by atoms with Gasteiger partial charge in [0.2, 0.25) is 0 Å². The van der Waals surface area contributed by atoms with E-state index in [4.69, 9.17) is 0 Å². The first kappa shape index (κ1) is 11.0. The van der Waals surface area contributed by atoms with Crippen LogP contribution in [0.5, 0.6) is 0 Å². The molecule has 0 bridgehead atoms. The highest BCUT2D eigenvalue weighted by Gasteiger charge is 2.10.